The van der Waals surface area contributed by atoms with Crippen molar-refractivity contribution in [3.8, 4) is 0 Å². The van der Waals surface area contributed by atoms with Crippen molar-refractivity contribution < 1.29 is 9.90 Å². The molecule has 19 heavy (non-hydrogen) atoms. The molecule has 3 heteroatoms. The molecular formula is C16H31NO2. The van der Waals surface area contributed by atoms with Crippen LogP contribution in [0.2, 0.25) is 0 Å². The third-order valence-electron chi connectivity index (χ3n) is 5.08. The van der Waals surface area contributed by atoms with Crippen LogP contribution in [0.1, 0.15) is 72.1 Å². The van der Waals surface area contributed by atoms with Gasteiger partial charge in [-0.25, -0.2) is 0 Å². The van der Waals surface area contributed by atoms with Crippen LogP contribution in [0, 0.1) is 11.3 Å². The van der Waals surface area contributed by atoms with E-state index in [0.29, 0.717) is 25.4 Å². The number of aliphatic carboxylic acids is 1. The Morgan fingerprint density at radius 1 is 1.32 bits per heavy atom. The molecule has 0 aromatic rings. The van der Waals surface area contributed by atoms with E-state index in [9.17, 15) is 9.90 Å². The molecule has 2 N–H and O–H groups in total. The Morgan fingerprint density at radius 2 is 1.89 bits per heavy atom. The van der Waals surface area contributed by atoms with Crippen molar-refractivity contribution in [3.05, 3.63) is 0 Å². The number of rotatable bonds is 9. The second kappa shape index (κ2) is 7.88. The van der Waals surface area contributed by atoms with E-state index < -0.39 is 11.4 Å². The third kappa shape index (κ3) is 4.79. The highest BCUT2D eigenvalue weighted by Crippen LogP contribution is 2.29. The molecule has 1 aliphatic carbocycles. The van der Waals surface area contributed by atoms with Crippen LogP contribution < -0.4 is 5.32 Å². The molecular weight excluding hydrogens is 238 g/mol. The van der Waals surface area contributed by atoms with Crippen LogP contribution in [0.3, 0.4) is 0 Å². The molecule has 1 aliphatic rings. The maximum atomic E-state index is 11.4. The quantitative estimate of drug-likeness (QED) is 0.669. The number of carboxylic acid groups (broad SMARTS) is 1. The molecule has 1 unspecified atom stereocenters. The van der Waals surface area contributed by atoms with Gasteiger partial charge in [0.1, 0.15) is 0 Å². The van der Waals surface area contributed by atoms with Gasteiger partial charge in [-0.2, -0.15) is 0 Å². The smallest absolute Gasteiger partial charge is 0.310 e. The Morgan fingerprint density at radius 3 is 2.37 bits per heavy atom. The average molecular weight is 269 g/mol. The summed E-state index contributed by atoms with van der Waals surface area (Å²) in [5.41, 5.74) is -0.582. The first kappa shape index (κ1) is 16.5. The minimum absolute atomic E-state index is 0.428. The van der Waals surface area contributed by atoms with E-state index >= 15 is 0 Å². The third-order valence-corrected chi connectivity index (χ3v) is 5.08. The Bertz CT molecular complexity index is 268. The molecule has 112 valence electrons. The molecule has 0 amide bonds. The largest absolute Gasteiger partial charge is 0.481 e. The minimum Gasteiger partial charge on any atom is -0.481 e. The molecule has 0 aromatic carbocycles. The highest BCUT2D eigenvalue weighted by atomic mass is 16.4. The van der Waals surface area contributed by atoms with Crippen LogP contribution in [0.15, 0.2) is 0 Å². The maximum Gasteiger partial charge on any atom is 0.310 e. The zero-order chi connectivity index (χ0) is 14.3. The fraction of sp³-hybridized carbons (Fsp3) is 0.938. The van der Waals surface area contributed by atoms with Crippen LogP contribution in [0.25, 0.3) is 0 Å². The summed E-state index contributed by atoms with van der Waals surface area (Å²) in [5, 5.41) is 12.8. The highest BCUT2D eigenvalue weighted by Gasteiger charge is 2.34. The topological polar surface area (TPSA) is 49.3 Å². The minimum atomic E-state index is -0.659. The Hall–Kier alpha value is -0.570. The lowest BCUT2D eigenvalue weighted by atomic mass is 9.82. The highest BCUT2D eigenvalue weighted by molar-refractivity contribution is 5.74. The average Bonchev–Trinajstić information content (AvgIpc) is 2.91. The second-order valence-corrected chi connectivity index (χ2v) is 6.30. The summed E-state index contributed by atoms with van der Waals surface area (Å²) in [7, 11) is 0. The first-order valence-electron chi connectivity index (χ1n) is 8.01. The summed E-state index contributed by atoms with van der Waals surface area (Å²) in [6, 6.07) is 0.428. The summed E-state index contributed by atoms with van der Waals surface area (Å²) < 4.78 is 0. The lowest BCUT2D eigenvalue weighted by Crippen LogP contribution is -2.43. The van der Waals surface area contributed by atoms with Crippen molar-refractivity contribution in [2.45, 2.75) is 78.2 Å². The SMILES string of the molecule is CCC(CC)(CNC(C)CCC1CCCC1)C(=O)O. The van der Waals surface area contributed by atoms with Gasteiger partial charge in [-0.1, -0.05) is 39.5 Å². The first-order valence-corrected chi connectivity index (χ1v) is 8.01. The first-order chi connectivity index (χ1) is 9.04. The molecule has 0 heterocycles. The predicted octanol–water partition coefficient (Wildman–Crippen LogP) is 3.83. The van der Waals surface area contributed by atoms with Gasteiger partial charge in [-0.15, -0.1) is 0 Å². The van der Waals surface area contributed by atoms with Crippen molar-refractivity contribution in [2.24, 2.45) is 11.3 Å². The Kier molecular flexibility index (Phi) is 6.84. The van der Waals surface area contributed by atoms with Gasteiger partial charge in [0.15, 0.2) is 0 Å². The monoisotopic (exact) mass is 269 g/mol. The molecule has 0 aromatic heterocycles. The van der Waals surface area contributed by atoms with Crippen molar-refractivity contribution in [3.63, 3.8) is 0 Å². The summed E-state index contributed by atoms with van der Waals surface area (Å²) in [5.74, 6) is 0.263. The van der Waals surface area contributed by atoms with Crippen LogP contribution >= 0.6 is 0 Å². The van der Waals surface area contributed by atoms with E-state index in [1.807, 2.05) is 13.8 Å². The fourth-order valence-electron chi connectivity index (χ4n) is 3.13. The molecule has 0 aliphatic heterocycles. The predicted molar refractivity (Wildman–Crippen MR) is 79.3 cm³/mol. The second-order valence-electron chi connectivity index (χ2n) is 6.30. The lowest BCUT2D eigenvalue weighted by molar-refractivity contribution is -0.149. The van der Waals surface area contributed by atoms with Crippen molar-refractivity contribution in [1.29, 1.82) is 0 Å². The summed E-state index contributed by atoms with van der Waals surface area (Å²) >= 11 is 0. The van der Waals surface area contributed by atoms with E-state index in [1.165, 1.54) is 38.5 Å². The van der Waals surface area contributed by atoms with Gasteiger partial charge in [-0.05, 0) is 38.5 Å². The van der Waals surface area contributed by atoms with Gasteiger partial charge in [0.05, 0.1) is 5.41 Å². The number of carbonyl (C=O) groups is 1. The molecule has 0 saturated heterocycles. The zero-order valence-electron chi connectivity index (χ0n) is 12.9. The van der Waals surface area contributed by atoms with Gasteiger partial charge >= 0.3 is 5.97 Å². The lowest BCUT2D eigenvalue weighted by Gasteiger charge is -2.29. The summed E-state index contributed by atoms with van der Waals surface area (Å²) in [4.78, 5) is 11.4. The van der Waals surface area contributed by atoms with Crippen molar-refractivity contribution >= 4 is 5.97 Å². The van der Waals surface area contributed by atoms with Gasteiger partial charge < -0.3 is 10.4 Å². The number of hydrogen-bond donors (Lipinski definition) is 2. The molecule has 0 radical (unpaired) electrons. The van der Waals surface area contributed by atoms with Gasteiger partial charge in [-0.3, -0.25) is 4.79 Å². The van der Waals surface area contributed by atoms with E-state index in [1.54, 1.807) is 0 Å². The van der Waals surface area contributed by atoms with E-state index in [2.05, 4.69) is 12.2 Å². The summed E-state index contributed by atoms with van der Waals surface area (Å²) in [6.07, 6.45) is 9.47. The van der Waals surface area contributed by atoms with Gasteiger partial charge in [0, 0.05) is 12.6 Å². The van der Waals surface area contributed by atoms with Crippen molar-refractivity contribution in [1.82, 2.24) is 5.32 Å². The van der Waals surface area contributed by atoms with Crippen LogP contribution in [-0.4, -0.2) is 23.7 Å². The van der Waals surface area contributed by atoms with Gasteiger partial charge in [0.25, 0.3) is 0 Å². The van der Waals surface area contributed by atoms with Crippen LogP contribution in [0.5, 0.6) is 0 Å². The van der Waals surface area contributed by atoms with E-state index in [4.69, 9.17) is 0 Å². The molecule has 0 bridgehead atoms. The van der Waals surface area contributed by atoms with E-state index in [-0.39, 0.29) is 0 Å². The number of nitrogens with one attached hydrogen (secondary N) is 1. The zero-order valence-corrected chi connectivity index (χ0v) is 12.9. The molecule has 1 fully saturated rings. The molecule has 0 spiro atoms. The standard InChI is InChI=1S/C16H31NO2/c1-4-16(5-2,15(18)19)12-17-13(3)10-11-14-8-6-7-9-14/h13-14,17H,4-12H2,1-3H3,(H,18,19). The normalized spacial score (nSPS) is 18.7. The Labute approximate surface area is 118 Å². The van der Waals surface area contributed by atoms with Gasteiger partial charge in [0.2, 0.25) is 0 Å². The van der Waals surface area contributed by atoms with Crippen molar-refractivity contribution in [2.75, 3.05) is 6.54 Å². The summed E-state index contributed by atoms with van der Waals surface area (Å²) in [6.45, 7) is 6.74. The van der Waals surface area contributed by atoms with Crippen LogP contribution in [-0.2, 0) is 4.79 Å². The van der Waals surface area contributed by atoms with E-state index in [0.717, 1.165) is 5.92 Å². The number of carboxylic acids is 1. The molecule has 3 nitrogen and oxygen atoms in total. The number of hydrogen-bond acceptors (Lipinski definition) is 2. The molecule has 1 atom stereocenters. The fourth-order valence-corrected chi connectivity index (χ4v) is 3.13. The van der Waals surface area contributed by atoms with Crippen LogP contribution in [0.4, 0.5) is 0 Å². The Balaban J connectivity index is 2.30. The maximum absolute atomic E-state index is 11.4. The molecule has 1 saturated carbocycles. The molecule has 1 rings (SSSR count).